The largest absolute Gasteiger partial charge is 0.523 e. The summed E-state index contributed by atoms with van der Waals surface area (Å²) in [4.78, 5) is 0. The lowest BCUT2D eigenvalue weighted by molar-refractivity contribution is -0.0572. The van der Waals surface area contributed by atoms with Crippen molar-refractivity contribution in [3.63, 3.8) is 0 Å². The Morgan fingerprint density at radius 2 is 1.93 bits per heavy atom. The lowest BCUT2D eigenvalue weighted by Gasteiger charge is -2.13. The van der Waals surface area contributed by atoms with Gasteiger partial charge in [-0.3, -0.25) is 4.18 Å². The molecular formula is C8H13F3O3S. The summed E-state index contributed by atoms with van der Waals surface area (Å²) < 4.78 is 61.3. The van der Waals surface area contributed by atoms with E-state index in [0.29, 0.717) is 12.8 Å². The highest BCUT2D eigenvalue weighted by atomic mass is 32.2. The maximum Gasteiger partial charge on any atom is 0.523 e. The Hall–Kier alpha value is -0.300. The standard InChI is InChI=1S/C8H13F3O3S/c1-2-6-3-4-7(5-6)14-15(12,13)8(9,10)11/h6-7H,2-5H2,1H3. The molecule has 2 unspecified atom stereocenters. The topological polar surface area (TPSA) is 43.4 Å². The summed E-state index contributed by atoms with van der Waals surface area (Å²) in [5.74, 6) is 0.276. The van der Waals surface area contributed by atoms with Crippen LogP contribution in [0.15, 0.2) is 0 Å². The Labute approximate surface area is 86.7 Å². The van der Waals surface area contributed by atoms with Crippen LogP contribution >= 0.6 is 0 Å². The summed E-state index contributed by atoms with van der Waals surface area (Å²) in [6, 6.07) is 0. The van der Waals surface area contributed by atoms with Crippen LogP contribution in [0.5, 0.6) is 0 Å². The molecule has 0 saturated heterocycles. The second-order valence-corrected chi connectivity index (χ2v) is 5.27. The fraction of sp³-hybridized carbons (Fsp3) is 1.00. The molecule has 1 fully saturated rings. The van der Waals surface area contributed by atoms with Crippen molar-refractivity contribution < 1.29 is 25.8 Å². The first-order valence-electron chi connectivity index (χ1n) is 4.76. The Morgan fingerprint density at radius 1 is 1.33 bits per heavy atom. The van der Waals surface area contributed by atoms with E-state index >= 15 is 0 Å². The van der Waals surface area contributed by atoms with Gasteiger partial charge in [0.25, 0.3) is 0 Å². The summed E-state index contributed by atoms with van der Waals surface area (Å²) in [7, 11) is -5.41. The van der Waals surface area contributed by atoms with Gasteiger partial charge in [0.2, 0.25) is 0 Å². The molecule has 15 heavy (non-hydrogen) atoms. The molecule has 0 aliphatic heterocycles. The molecule has 1 rings (SSSR count). The van der Waals surface area contributed by atoms with Crippen molar-refractivity contribution in [2.45, 2.75) is 44.2 Å². The molecule has 0 aromatic rings. The molecule has 1 saturated carbocycles. The fourth-order valence-electron chi connectivity index (χ4n) is 1.72. The molecule has 0 radical (unpaired) electrons. The Morgan fingerprint density at radius 3 is 2.33 bits per heavy atom. The molecule has 0 spiro atoms. The van der Waals surface area contributed by atoms with E-state index in [1.54, 1.807) is 0 Å². The zero-order valence-corrected chi connectivity index (χ0v) is 9.07. The average Bonchev–Trinajstić information content (AvgIpc) is 2.49. The molecule has 1 aliphatic rings. The van der Waals surface area contributed by atoms with E-state index in [2.05, 4.69) is 4.18 Å². The van der Waals surface area contributed by atoms with Gasteiger partial charge in [0, 0.05) is 0 Å². The summed E-state index contributed by atoms with van der Waals surface area (Å²) in [6.45, 7) is 1.92. The highest BCUT2D eigenvalue weighted by Crippen LogP contribution is 2.34. The van der Waals surface area contributed by atoms with Gasteiger partial charge in [0.1, 0.15) is 0 Å². The van der Waals surface area contributed by atoms with Crippen molar-refractivity contribution in [1.29, 1.82) is 0 Å². The van der Waals surface area contributed by atoms with Gasteiger partial charge in [0.05, 0.1) is 6.10 Å². The summed E-state index contributed by atoms with van der Waals surface area (Å²) in [5, 5.41) is 0. The smallest absolute Gasteiger partial charge is 0.260 e. The third-order valence-corrected chi connectivity index (χ3v) is 3.71. The van der Waals surface area contributed by atoms with Crippen LogP contribution in [-0.2, 0) is 14.3 Å². The zero-order valence-electron chi connectivity index (χ0n) is 8.25. The molecule has 0 heterocycles. The van der Waals surface area contributed by atoms with Gasteiger partial charge < -0.3 is 0 Å². The van der Waals surface area contributed by atoms with Gasteiger partial charge >= 0.3 is 15.6 Å². The van der Waals surface area contributed by atoms with E-state index in [-0.39, 0.29) is 5.92 Å². The summed E-state index contributed by atoms with van der Waals surface area (Å²) in [5.41, 5.74) is -5.31. The van der Waals surface area contributed by atoms with Crippen LogP contribution in [0, 0.1) is 5.92 Å². The first-order valence-corrected chi connectivity index (χ1v) is 6.16. The van der Waals surface area contributed by atoms with Crippen LogP contribution in [0.4, 0.5) is 13.2 Å². The molecular weight excluding hydrogens is 233 g/mol. The van der Waals surface area contributed by atoms with Crippen molar-refractivity contribution in [2.75, 3.05) is 0 Å². The molecule has 0 bridgehead atoms. The molecule has 0 amide bonds. The van der Waals surface area contributed by atoms with Crippen LogP contribution < -0.4 is 0 Å². The zero-order chi connectivity index (χ0) is 11.7. The minimum absolute atomic E-state index is 0.276. The predicted molar refractivity (Wildman–Crippen MR) is 47.5 cm³/mol. The monoisotopic (exact) mass is 246 g/mol. The van der Waals surface area contributed by atoms with E-state index in [0.717, 1.165) is 12.8 Å². The number of alkyl halides is 3. The van der Waals surface area contributed by atoms with E-state index in [1.807, 2.05) is 6.92 Å². The molecule has 1 aliphatic carbocycles. The molecule has 0 aromatic carbocycles. The van der Waals surface area contributed by atoms with Gasteiger partial charge in [-0.05, 0) is 25.2 Å². The van der Waals surface area contributed by atoms with Crippen LogP contribution in [0.1, 0.15) is 32.6 Å². The third kappa shape index (κ3) is 3.07. The molecule has 2 atom stereocenters. The van der Waals surface area contributed by atoms with Gasteiger partial charge in [-0.25, -0.2) is 0 Å². The first-order chi connectivity index (χ1) is 6.76. The van der Waals surface area contributed by atoms with Gasteiger partial charge in [0.15, 0.2) is 0 Å². The maximum absolute atomic E-state index is 12.0. The average molecular weight is 246 g/mol. The lowest BCUT2D eigenvalue weighted by Crippen LogP contribution is -2.29. The number of halogens is 3. The van der Waals surface area contributed by atoms with Crippen molar-refractivity contribution >= 4 is 10.1 Å². The van der Waals surface area contributed by atoms with Crippen LogP contribution in [0.2, 0.25) is 0 Å². The minimum Gasteiger partial charge on any atom is -0.260 e. The Balaban J connectivity index is 2.57. The predicted octanol–water partition coefficient (Wildman–Crippen LogP) is 2.43. The third-order valence-electron chi connectivity index (χ3n) is 2.62. The summed E-state index contributed by atoms with van der Waals surface area (Å²) in [6.07, 6.45) is 1.54. The van der Waals surface area contributed by atoms with Crippen molar-refractivity contribution in [2.24, 2.45) is 5.92 Å². The number of hydrogen-bond donors (Lipinski definition) is 0. The highest BCUT2D eigenvalue weighted by Gasteiger charge is 2.49. The van der Waals surface area contributed by atoms with Crippen molar-refractivity contribution in [3.8, 4) is 0 Å². The van der Waals surface area contributed by atoms with Crippen LogP contribution in [-0.4, -0.2) is 20.0 Å². The summed E-state index contributed by atoms with van der Waals surface area (Å²) >= 11 is 0. The maximum atomic E-state index is 12.0. The van der Waals surface area contributed by atoms with E-state index in [4.69, 9.17) is 0 Å². The second-order valence-electron chi connectivity index (χ2n) is 3.71. The van der Waals surface area contributed by atoms with Gasteiger partial charge in [-0.15, -0.1) is 0 Å². The molecule has 0 aromatic heterocycles. The van der Waals surface area contributed by atoms with Gasteiger partial charge in [-0.1, -0.05) is 13.3 Å². The molecule has 0 N–H and O–H groups in total. The van der Waals surface area contributed by atoms with E-state index in [9.17, 15) is 21.6 Å². The van der Waals surface area contributed by atoms with Crippen LogP contribution in [0.25, 0.3) is 0 Å². The number of rotatable bonds is 3. The molecule has 90 valence electrons. The number of hydrogen-bond acceptors (Lipinski definition) is 3. The highest BCUT2D eigenvalue weighted by molar-refractivity contribution is 7.87. The normalized spacial score (nSPS) is 28.3. The van der Waals surface area contributed by atoms with Crippen molar-refractivity contribution in [1.82, 2.24) is 0 Å². The second kappa shape index (κ2) is 4.29. The lowest BCUT2D eigenvalue weighted by atomic mass is 10.1. The first kappa shape index (κ1) is 12.8. The molecule has 7 heteroatoms. The van der Waals surface area contributed by atoms with Crippen molar-refractivity contribution in [3.05, 3.63) is 0 Å². The SMILES string of the molecule is CCC1CCC(OS(=O)(=O)C(F)(F)F)C1. The van der Waals surface area contributed by atoms with E-state index in [1.165, 1.54) is 0 Å². The van der Waals surface area contributed by atoms with E-state index < -0.39 is 21.7 Å². The van der Waals surface area contributed by atoms with Crippen LogP contribution in [0.3, 0.4) is 0 Å². The van der Waals surface area contributed by atoms with Gasteiger partial charge in [-0.2, -0.15) is 21.6 Å². The Bertz CT molecular complexity index is 310. The quantitative estimate of drug-likeness (QED) is 0.567. The Kier molecular flexibility index (Phi) is 3.65. The molecule has 3 nitrogen and oxygen atoms in total. The minimum atomic E-state index is -5.41. The fourth-order valence-corrected chi connectivity index (χ4v) is 2.36.